The van der Waals surface area contributed by atoms with E-state index in [-0.39, 0.29) is 5.92 Å². The van der Waals surface area contributed by atoms with Crippen molar-refractivity contribution in [1.29, 1.82) is 0 Å². The summed E-state index contributed by atoms with van der Waals surface area (Å²) in [5.41, 5.74) is 6.96. The molecule has 0 unspecified atom stereocenters. The van der Waals surface area contributed by atoms with Crippen molar-refractivity contribution in [3.05, 3.63) is 129 Å². The first-order valence-electron chi connectivity index (χ1n) is 12.8. The Bertz CT molecular complexity index is 1490. The van der Waals surface area contributed by atoms with Crippen LogP contribution < -0.4 is 4.74 Å². The van der Waals surface area contributed by atoms with Crippen molar-refractivity contribution in [2.75, 3.05) is 6.61 Å². The quantitative estimate of drug-likeness (QED) is 0.189. The lowest BCUT2D eigenvalue weighted by atomic mass is 9.85. The van der Waals surface area contributed by atoms with Crippen LogP contribution in [-0.2, 0) is 6.54 Å². The number of aromatic nitrogens is 2. The molecule has 5 heteroatoms. The molecule has 0 radical (unpaired) electrons. The van der Waals surface area contributed by atoms with Gasteiger partial charge in [-0.3, -0.25) is 0 Å². The van der Waals surface area contributed by atoms with Gasteiger partial charge in [-0.1, -0.05) is 65.7 Å². The number of aryl methyl sites for hydroxylation is 1. The smallest absolute Gasteiger partial charge is 0.119 e. The zero-order chi connectivity index (χ0) is 25.4. The fourth-order valence-corrected chi connectivity index (χ4v) is 5.33. The lowest BCUT2D eigenvalue weighted by Gasteiger charge is -2.20. The highest BCUT2D eigenvalue weighted by atomic mass is 35.5. The van der Waals surface area contributed by atoms with Crippen molar-refractivity contribution in [1.82, 2.24) is 9.55 Å². The van der Waals surface area contributed by atoms with Gasteiger partial charge < -0.3 is 9.30 Å². The average Bonchev–Trinajstić information content (AvgIpc) is 3.68. The number of fused-ring (bicyclic) bond motifs is 1. The Morgan fingerprint density at radius 1 is 0.838 bits per heavy atom. The molecule has 0 N–H and O–H groups in total. The SMILES string of the molecule is Cc1cccc(OCCn2c(C3CC3)nc3ccc(C(c4ccc(Cl)cc4)c4ccc(Cl)cc4)cc32)c1. The van der Waals surface area contributed by atoms with E-state index in [1.54, 1.807) is 0 Å². The highest BCUT2D eigenvalue weighted by Gasteiger charge is 2.30. The Morgan fingerprint density at radius 3 is 2.11 bits per heavy atom. The highest BCUT2D eigenvalue weighted by molar-refractivity contribution is 6.30. The molecule has 5 aromatic rings. The molecule has 0 atom stereocenters. The molecule has 1 fully saturated rings. The van der Waals surface area contributed by atoms with E-state index in [1.165, 1.54) is 40.9 Å². The minimum Gasteiger partial charge on any atom is -0.492 e. The molecule has 0 saturated heterocycles. The molecule has 1 aliphatic rings. The zero-order valence-electron chi connectivity index (χ0n) is 20.7. The van der Waals surface area contributed by atoms with Crippen LogP contribution in [0.4, 0.5) is 0 Å². The van der Waals surface area contributed by atoms with Crippen LogP contribution >= 0.6 is 23.2 Å². The van der Waals surface area contributed by atoms with Crippen LogP contribution in [-0.4, -0.2) is 16.2 Å². The fraction of sp³-hybridized carbons (Fsp3) is 0.219. The first-order chi connectivity index (χ1) is 18.0. The summed E-state index contributed by atoms with van der Waals surface area (Å²) < 4.78 is 8.50. The van der Waals surface area contributed by atoms with Gasteiger partial charge in [0.2, 0.25) is 0 Å². The summed E-state index contributed by atoms with van der Waals surface area (Å²) >= 11 is 12.5. The normalized spacial score (nSPS) is 13.4. The third kappa shape index (κ3) is 5.25. The molecule has 37 heavy (non-hydrogen) atoms. The van der Waals surface area contributed by atoms with Gasteiger partial charge in [-0.2, -0.15) is 0 Å². The maximum atomic E-state index is 6.23. The Balaban J connectivity index is 1.39. The summed E-state index contributed by atoms with van der Waals surface area (Å²) in [5, 5.41) is 1.46. The summed E-state index contributed by atoms with van der Waals surface area (Å²) in [6.45, 7) is 3.43. The van der Waals surface area contributed by atoms with Crippen LogP contribution in [0.15, 0.2) is 91.0 Å². The molecule has 1 saturated carbocycles. The highest BCUT2D eigenvalue weighted by Crippen LogP contribution is 2.41. The third-order valence-electron chi connectivity index (χ3n) is 7.06. The van der Waals surface area contributed by atoms with Crippen LogP contribution in [0, 0.1) is 6.92 Å². The van der Waals surface area contributed by atoms with E-state index >= 15 is 0 Å². The Morgan fingerprint density at radius 2 is 1.49 bits per heavy atom. The fourth-order valence-electron chi connectivity index (χ4n) is 5.07. The lowest BCUT2D eigenvalue weighted by Crippen LogP contribution is -2.11. The van der Waals surface area contributed by atoms with E-state index in [9.17, 15) is 0 Å². The molecule has 1 aromatic heterocycles. The summed E-state index contributed by atoms with van der Waals surface area (Å²) in [4.78, 5) is 5.06. The van der Waals surface area contributed by atoms with Gasteiger partial charge in [0.25, 0.3) is 0 Å². The Kier molecular flexibility index (Phi) is 6.67. The standard InChI is InChI=1S/C32H28Cl2N2O/c1-21-3-2-4-28(19-21)37-18-17-36-30-20-25(11-16-29(30)35-32(36)24-5-6-24)31(22-7-12-26(33)13-8-22)23-9-14-27(34)15-10-23/h2-4,7-16,19-20,24,31H,5-6,17-18H2,1H3. The number of ether oxygens (including phenoxy) is 1. The van der Waals surface area contributed by atoms with Gasteiger partial charge in [0, 0.05) is 21.9 Å². The van der Waals surface area contributed by atoms with Crippen LogP contribution in [0.25, 0.3) is 11.0 Å². The average molecular weight is 527 g/mol. The van der Waals surface area contributed by atoms with Crippen LogP contribution in [0.1, 0.15) is 52.8 Å². The number of halogens is 2. The van der Waals surface area contributed by atoms with Gasteiger partial charge in [-0.15, -0.1) is 0 Å². The molecular formula is C32H28Cl2N2O. The first-order valence-corrected chi connectivity index (χ1v) is 13.5. The van der Waals surface area contributed by atoms with Crippen molar-refractivity contribution in [2.45, 2.75) is 38.1 Å². The van der Waals surface area contributed by atoms with Gasteiger partial charge in [0.1, 0.15) is 18.2 Å². The van der Waals surface area contributed by atoms with E-state index in [1.807, 2.05) is 36.4 Å². The van der Waals surface area contributed by atoms with Gasteiger partial charge >= 0.3 is 0 Å². The van der Waals surface area contributed by atoms with E-state index in [0.717, 1.165) is 33.4 Å². The summed E-state index contributed by atoms with van der Waals surface area (Å²) in [6, 6.07) is 31.1. The van der Waals surface area contributed by atoms with E-state index in [0.29, 0.717) is 12.5 Å². The number of imidazole rings is 1. The summed E-state index contributed by atoms with van der Waals surface area (Å²) in [7, 11) is 0. The monoisotopic (exact) mass is 526 g/mol. The number of hydrogen-bond acceptors (Lipinski definition) is 2. The largest absolute Gasteiger partial charge is 0.492 e. The summed E-state index contributed by atoms with van der Waals surface area (Å²) in [6.07, 6.45) is 2.40. The predicted molar refractivity (Wildman–Crippen MR) is 152 cm³/mol. The molecule has 1 aliphatic carbocycles. The second-order valence-electron chi connectivity index (χ2n) is 9.85. The van der Waals surface area contributed by atoms with Crippen molar-refractivity contribution < 1.29 is 4.74 Å². The predicted octanol–water partition coefficient (Wildman–Crippen LogP) is 8.79. The number of benzene rings is 4. The van der Waals surface area contributed by atoms with E-state index in [2.05, 4.69) is 66.1 Å². The van der Waals surface area contributed by atoms with Crippen LogP contribution in [0.5, 0.6) is 5.75 Å². The Labute approximate surface area is 227 Å². The van der Waals surface area contributed by atoms with Gasteiger partial charge in [-0.05, 0) is 90.6 Å². The van der Waals surface area contributed by atoms with Crippen LogP contribution in [0.3, 0.4) is 0 Å². The molecule has 6 rings (SSSR count). The third-order valence-corrected chi connectivity index (χ3v) is 7.56. The molecule has 1 heterocycles. The maximum Gasteiger partial charge on any atom is 0.119 e. The number of nitrogens with zero attached hydrogens (tertiary/aromatic N) is 2. The van der Waals surface area contributed by atoms with E-state index < -0.39 is 0 Å². The molecule has 0 aliphatic heterocycles. The molecular weight excluding hydrogens is 499 g/mol. The molecule has 3 nitrogen and oxygen atoms in total. The molecule has 0 bridgehead atoms. The van der Waals surface area contributed by atoms with Crippen molar-refractivity contribution in [2.24, 2.45) is 0 Å². The second kappa shape index (κ2) is 10.2. The lowest BCUT2D eigenvalue weighted by molar-refractivity contribution is 0.298. The Hall–Kier alpha value is -3.27. The van der Waals surface area contributed by atoms with Gasteiger partial charge in [0.05, 0.1) is 17.6 Å². The number of hydrogen-bond donors (Lipinski definition) is 0. The number of rotatable bonds is 8. The second-order valence-corrected chi connectivity index (χ2v) is 10.7. The molecule has 186 valence electrons. The minimum atomic E-state index is 0.0511. The van der Waals surface area contributed by atoms with E-state index in [4.69, 9.17) is 32.9 Å². The molecule has 4 aromatic carbocycles. The topological polar surface area (TPSA) is 27.1 Å². The summed E-state index contributed by atoms with van der Waals surface area (Å²) in [5.74, 6) is 2.67. The molecule has 0 amide bonds. The van der Waals surface area contributed by atoms with Crippen molar-refractivity contribution in [3.63, 3.8) is 0 Å². The zero-order valence-corrected chi connectivity index (χ0v) is 22.2. The van der Waals surface area contributed by atoms with Crippen molar-refractivity contribution in [3.8, 4) is 5.75 Å². The maximum absolute atomic E-state index is 6.23. The van der Waals surface area contributed by atoms with Gasteiger partial charge in [0.15, 0.2) is 0 Å². The van der Waals surface area contributed by atoms with Gasteiger partial charge in [-0.25, -0.2) is 4.98 Å². The van der Waals surface area contributed by atoms with Crippen LogP contribution in [0.2, 0.25) is 10.0 Å². The minimum absolute atomic E-state index is 0.0511. The molecule has 0 spiro atoms. The first kappa shape index (κ1) is 24.1. The van der Waals surface area contributed by atoms with Crippen molar-refractivity contribution >= 4 is 34.2 Å².